The first kappa shape index (κ1) is 16.8. The van der Waals surface area contributed by atoms with Gasteiger partial charge in [0.2, 0.25) is 0 Å². The van der Waals surface area contributed by atoms with Crippen molar-refractivity contribution >= 4 is 53.4 Å². The first-order valence-corrected chi connectivity index (χ1v) is 9.85. The molecule has 0 aliphatic heterocycles. The van der Waals surface area contributed by atoms with Crippen LogP contribution in [0.2, 0.25) is 0 Å². The van der Waals surface area contributed by atoms with E-state index in [0.717, 1.165) is 22.0 Å². The second-order valence-electron chi connectivity index (χ2n) is 6.11. The smallest absolute Gasteiger partial charge is 0.0253 e. The van der Waals surface area contributed by atoms with Crippen LogP contribution in [0.5, 0.6) is 0 Å². The molecule has 0 amide bonds. The van der Waals surface area contributed by atoms with Gasteiger partial charge in [0.1, 0.15) is 0 Å². The predicted octanol–water partition coefficient (Wildman–Crippen LogP) is 6.81. The predicted molar refractivity (Wildman–Crippen MR) is 114 cm³/mol. The van der Waals surface area contributed by atoms with Gasteiger partial charge in [0.25, 0.3) is 0 Å². The first-order chi connectivity index (χ1) is 12.2. The van der Waals surface area contributed by atoms with Crippen LogP contribution in [0.15, 0.2) is 81.7 Å². The van der Waals surface area contributed by atoms with Crippen molar-refractivity contribution in [1.82, 2.24) is 5.32 Å². The molecule has 0 saturated carbocycles. The van der Waals surface area contributed by atoms with Crippen LogP contribution in [0.1, 0.15) is 11.1 Å². The lowest BCUT2D eigenvalue weighted by atomic mass is 10.0. The average molecular weight is 455 g/mol. The maximum Gasteiger partial charge on any atom is 0.0253 e. The molecule has 0 heterocycles. The van der Waals surface area contributed by atoms with Crippen LogP contribution in [-0.4, -0.2) is 0 Å². The molecule has 4 rings (SSSR count). The number of hydrogen-bond acceptors (Lipinski definition) is 1. The van der Waals surface area contributed by atoms with Crippen molar-refractivity contribution in [3.8, 4) is 0 Å². The summed E-state index contributed by atoms with van der Waals surface area (Å²) in [6.45, 7) is 1.69. The summed E-state index contributed by atoms with van der Waals surface area (Å²) in [5, 5.41) is 8.72. The van der Waals surface area contributed by atoms with E-state index in [0.29, 0.717) is 0 Å². The van der Waals surface area contributed by atoms with Gasteiger partial charge in [-0.2, -0.15) is 0 Å². The Hall–Kier alpha value is -1.68. The van der Waals surface area contributed by atoms with Crippen molar-refractivity contribution < 1.29 is 0 Å². The number of hydrogen-bond donors (Lipinski definition) is 1. The number of rotatable bonds is 4. The van der Waals surface area contributed by atoms with E-state index < -0.39 is 0 Å². The average Bonchev–Trinajstić information content (AvgIpc) is 2.63. The van der Waals surface area contributed by atoms with Gasteiger partial charge in [-0.3, -0.25) is 0 Å². The maximum atomic E-state index is 3.64. The Bertz CT molecular complexity index is 971. The largest absolute Gasteiger partial charge is 0.309 e. The highest BCUT2D eigenvalue weighted by Crippen LogP contribution is 2.28. The van der Waals surface area contributed by atoms with Gasteiger partial charge < -0.3 is 5.32 Å². The lowest BCUT2D eigenvalue weighted by Gasteiger charge is -2.11. The number of nitrogens with one attached hydrogen (secondary N) is 1. The minimum absolute atomic E-state index is 0.845. The van der Waals surface area contributed by atoms with Crippen LogP contribution < -0.4 is 5.32 Å². The summed E-state index contributed by atoms with van der Waals surface area (Å²) in [5.74, 6) is 0. The highest BCUT2D eigenvalue weighted by Gasteiger charge is 2.05. The molecule has 1 nitrogen and oxygen atoms in total. The third kappa shape index (κ3) is 3.37. The quantitative estimate of drug-likeness (QED) is 0.357. The van der Waals surface area contributed by atoms with Crippen molar-refractivity contribution in [3.63, 3.8) is 0 Å². The Morgan fingerprint density at radius 2 is 0.920 bits per heavy atom. The SMILES string of the molecule is Brc1cccc2c(CNCc3cccc4c(Br)cccc34)cccc12. The summed E-state index contributed by atoms with van der Waals surface area (Å²) in [5.41, 5.74) is 2.64. The summed E-state index contributed by atoms with van der Waals surface area (Å²) in [7, 11) is 0. The summed E-state index contributed by atoms with van der Waals surface area (Å²) < 4.78 is 2.29. The van der Waals surface area contributed by atoms with Crippen LogP contribution in [0, 0.1) is 0 Å². The number of benzene rings is 4. The molecule has 0 aliphatic carbocycles. The van der Waals surface area contributed by atoms with Crippen molar-refractivity contribution in [2.24, 2.45) is 0 Å². The van der Waals surface area contributed by atoms with Crippen LogP contribution >= 0.6 is 31.9 Å². The summed E-state index contributed by atoms with van der Waals surface area (Å²) in [6.07, 6.45) is 0. The maximum absolute atomic E-state index is 3.64. The fourth-order valence-electron chi connectivity index (χ4n) is 3.31. The summed E-state index contributed by atoms with van der Waals surface area (Å²) in [4.78, 5) is 0. The van der Waals surface area contributed by atoms with Crippen LogP contribution in [0.3, 0.4) is 0 Å². The molecule has 1 N–H and O–H groups in total. The molecule has 0 atom stereocenters. The Kier molecular flexibility index (Phi) is 4.89. The molecule has 0 saturated heterocycles. The summed E-state index contributed by atoms with van der Waals surface area (Å²) in [6, 6.07) is 25.7. The van der Waals surface area contributed by atoms with E-state index in [9.17, 15) is 0 Å². The van der Waals surface area contributed by atoms with Gasteiger partial charge in [0.05, 0.1) is 0 Å². The highest BCUT2D eigenvalue weighted by atomic mass is 79.9. The number of fused-ring (bicyclic) bond motifs is 2. The third-order valence-electron chi connectivity index (χ3n) is 4.55. The van der Waals surface area contributed by atoms with Gasteiger partial charge in [0.15, 0.2) is 0 Å². The Morgan fingerprint density at radius 1 is 0.520 bits per heavy atom. The second-order valence-corrected chi connectivity index (χ2v) is 7.82. The van der Waals surface area contributed by atoms with Crippen LogP contribution in [-0.2, 0) is 13.1 Å². The topological polar surface area (TPSA) is 12.0 Å². The van der Waals surface area contributed by atoms with E-state index in [4.69, 9.17) is 0 Å². The third-order valence-corrected chi connectivity index (χ3v) is 5.93. The molecule has 0 unspecified atom stereocenters. The van der Waals surface area contributed by atoms with Crippen LogP contribution in [0.4, 0.5) is 0 Å². The molecule has 0 aromatic heterocycles. The highest BCUT2D eigenvalue weighted by molar-refractivity contribution is 9.11. The Balaban J connectivity index is 1.58. The monoisotopic (exact) mass is 453 g/mol. The molecule has 0 radical (unpaired) electrons. The van der Waals surface area contributed by atoms with Crippen molar-refractivity contribution in [3.05, 3.63) is 92.9 Å². The Morgan fingerprint density at radius 3 is 1.40 bits per heavy atom. The zero-order chi connectivity index (χ0) is 17.2. The van der Waals surface area contributed by atoms with E-state index in [1.54, 1.807) is 0 Å². The van der Waals surface area contributed by atoms with Crippen molar-refractivity contribution in [2.75, 3.05) is 0 Å². The molecule has 4 aromatic carbocycles. The first-order valence-electron chi connectivity index (χ1n) is 8.27. The van der Waals surface area contributed by atoms with Crippen LogP contribution in [0.25, 0.3) is 21.5 Å². The Labute approximate surface area is 164 Å². The molecule has 25 heavy (non-hydrogen) atoms. The zero-order valence-corrected chi connectivity index (χ0v) is 16.8. The zero-order valence-electron chi connectivity index (χ0n) is 13.6. The molecule has 124 valence electrons. The van der Waals surface area contributed by atoms with Gasteiger partial charge in [-0.05, 0) is 44.8 Å². The molecule has 0 spiro atoms. The lowest BCUT2D eigenvalue weighted by molar-refractivity contribution is 0.700. The van der Waals surface area contributed by atoms with Crippen molar-refractivity contribution in [2.45, 2.75) is 13.1 Å². The second kappa shape index (κ2) is 7.28. The molecule has 0 fully saturated rings. The lowest BCUT2D eigenvalue weighted by Crippen LogP contribution is -2.13. The van der Waals surface area contributed by atoms with E-state index in [2.05, 4.69) is 110 Å². The minimum atomic E-state index is 0.845. The molecule has 0 bridgehead atoms. The molecule has 4 aromatic rings. The minimum Gasteiger partial charge on any atom is -0.309 e. The van der Waals surface area contributed by atoms with Gasteiger partial charge >= 0.3 is 0 Å². The van der Waals surface area contributed by atoms with E-state index in [1.165, 1.54) is 32.7 Å². The van der Waals surface area contributed by atoms with Gasteiger partial charge in [-0.1, -0.05) is 92.5 Å². The van der Waals surface area contributed by atoms with Gasteiger partial charge in [0, 0.05) is 22.0 Å². The molecular formula is C22H17Br2N. The van der Waals surface area contributed by atoms with Crippen molar-refractivity contribution in [1.29, 1.82) is 0 Å². The summed E-state index contributed by atoms with van der Waals surface area (Å²) >= 11 is 7.29. The van der Waals surface area contributed by atoms with Gasteiger partial charge in [-0.25, -0.2) is 0 Å². The molecule has 0 aliphatic rings. The van der Waals surface area contributed by atoms with E-state index in [1.807, 2.05) is 0 Å². The fraction of sp³-hybridized carbons (Fsp3) is 0.0909. The standard InChI is InChI=1S/C22H17Br2N/c23-21-11-3-7-17-15(5-1-9-19(17)21)13-25-14-16-6-2-10-20-18(16)8-4-12-22(20)24/h1-12,25H,13-14H2. The fourth-order valence-corrected chi connectivity index (χ4v) is 4.31. The molecule has 3 heteroatoms. The number of halogens is 2. The van der Waals surface area contributed by atoms with E-state index >= 15 is 0 Å². The van der Waals surface area contributed by atoms with E-state index in [-0.39, 0.29) is 0 Å². The van der Waals surface area contributed by atoms with Gasteiger partial charge in [-0.15, -0.1) is 0 Å². The molecular weight excluding hydrogens is 438 g/mol. The normalized spacial score (nSPS) is 11.3.